The maximum atomic E-state index is 12.3. The Bertz CT molecular complexity index is 1010. The minimum Gasteiger partial charge on any atom is -0.497 e. The molecule has 0 radical (unpaired) electrons. The van der Waals surface area contributed by atoms with Crippen molar-refractivity contribution in [2.45, 2.75) is 26.5 Å². The van der Waals surface area contributed by atoms with Gasteiger partial charge >= 0.3 is 0 Å². The molecule has 3 rings (SSSR count). The Kier molecular flexibility index (Phi) is 6.39. The first-order chi connectivity index (χ1) is 13.9. The molecule has 7 nitrogen and oxygen atoms in total. The Labute approximate surface area is 169 Å². The number of aromatic nitrogens is 1. The molecule has 0 fully saturated rings. The van der Waals surface area contributed by atoms with E-state index in [1.165, 1.54) is 0 Å². The minimum atomic E-state index is -0.345. The van der Waals surface area contributed by atoms with Gasteiger partial charge in [0.05, 0.1) is 19.8 Å². The zero-order valence-electron chi connectivity index (χ0n) is 16.7. The molecule has 0 atom stereocenters. The molecule has 152 valence electrons. The number of benzene rings is 2. The number of nitrogens with one attached hydrogen (secondary N) is 3. The number of fused-ring (bicyclic) bond motifs is 1. The van der Waals surface area contributed by atoms with Gasteiger partial charge in [-0.3, -0.25) is 9.59 Å². The number of H-pyrrole nitrogens is 1. The second-order valence-corrected chi connectivity index (χ2v) is 6.91. The van der Waals surface area contributed by atoms with E-state index >= 15 is 0 Å². The standard InChI is InChI=1S/C22H25N3O4/c1-14(2)29-18-6-4-5-15(9-18)12-23-21(26)13-24-22(27)20-11-16-10-17(28-3)7-8-19(16)25-20/h4-11,14,25H,12-13H2,1-3H3,(H,23,26)(H,24,27). The molecule has 0 aliphatic carbocycles. The molecule has 0 spiro atoms. The van der Waals surface area contributed by atoms with Crippen molar-refractivity contribution >= 4 is 22.7 Å². The largest absolute Gasteiger partial charge is 0.497 e. The van der Waals surface area contributed by atoms with Gasteiger partial charge < -0.3 is 25.1 Å². The molecule has 29 heavy (non-hydrogen) atoms. The van der Waals surface area contributed by atoms with E-state index in [2.05, 4.69) is 15.6 Å². The summed E-state index contributed by atoms with van der Waals surface area (Å²) >= 11 is 0. The van der Waals surface area contributed by atoms with Gasteiger partial charge in [-0.15, -0.1) is 0 Å². The number of ether oxygens (including phenoxy) is 2. The van der Waals surface area contributed by atoms with Crippen molar-refractivity contribution in [2.75, 3.05) is 13.7 Å². The Morgan fingerprint density at radius 3 is 2.62 bits per heavy atom. The van der Waals surface area contributed by atoms with Crippen molar-refractivity contribution in [1.82, 2.24) is 15.6 Å². The molecule has 0 aliphatic heterocycles. The van der Waals surface area contributed by atoms with Gasteiger partial charge in [0.2, 0.25) is 5.91 Å². The number of aromatic amines is 1. The summed E-state index contributed by atoms with van der Waals surface area (Å²) in [5, 5.41) is 6.28. The SMILES string of the molecule is COc1ccc2[nH]c(C(=O)NCC(=O)NCc3cccc(OC(C)C)c3)cc2c1. The summed E-state index contributed by atoms with van der Waals surface area (Å²) in [6.45, 7) is 4.16. The molecule has 3 N–H and O–H groups in total. The molecule has 2 amide bonds. The fourth-order valence-electron chi connectivity index (χ4n) is 2.88. The van der Waals surface area contributed by atoms with Crippen LogP contribution in [0.4, 0.5) is 0 Å². The molecule has 3 aromatic rings. The lowest BCUT2D eigenvalue weighted by Crippen LogP contribution is -2.36. The lowest BCUT2D eigenvalue weighted by Gasteiger charge is -2.11. The summed E-state index contributed by atoms with van der Waals surface area (Å²) in [6.07, 6.45) is 0.0841. The summed E-state index contributed by atoms with van der Waals surface area (Å²) in [6, 6.07) is 14.8. The predicted octanol–water partition coefficient (Wildman–Crippen LogP) is 3.01. The first kappa shape index (κ1) is 20.3. The number of rotatable bonds is 8. The summed E-state index contributed by atoms with van der Waals surface area (Å²) in [7, 11) is 1.59. The van der Waals surface area contributed by atoms with Crippen LogP contribution < -0.4 is 20.1 Å². The average Bonchev–Trinajstić information content (AvgIpc) is 3.13. The second kappa shape index (κ2) is 9.14. The van der Waals surface area contributed by atoms with Gasteiger partial charge in [-0.1, -0.05) is 12.1 Å². The van der Waals surface area contributed by atoms with Crippen molar-refractivity contribution < 1.29 is 19.1 Å². The van der Waals surface area contributed by atoms with Crippen LogP contribution in [-0.4, -0.2) is 36.6 Å². The van der Waals surface area contributed by atoms with Gasteiger partial charge in [-0.25, -0.2) is 0 Å². The highest BCUT2D eigenvalue weighted by molar-refractivity contribution is 5.99. The zero-order valence-corrected chi connectivity index (χ0v) is 16.7. The van der Waals surface area contributed by atoms with E-state index in [4.69, 9.17) is 9.47 Å². The molecular formula is C22H25N3O4. The van der Waals surface area contributed by atoms with E-state index < -0.39 is 0 Å². The summed E-state index contributed by atoms with van der Waals surface area (Å²) in [4.78, 5) is 27.4. The van der Waals surface area contributed by atoms with Crippen LogP contribution in [0.2, 0.25) is 0 Å². The van der Waals surface area contributed by atoms with Gasteiger partial charge in [-0.05, 0) is 55.8 Å². The molecular weight excluding hydrogens is 370 g/mol. The van der Waals surface area contributed by atoms with Gasteiger partial charge in [0.25, 0.3) is 5.91 Å². The highest BCUT2D eigenvalue weighted by Gasteiger charge is 2.11. The summed E-state index contributed by atoms with van der Waals surface area (Å²) in [5.41, 5.74) is 2.14. The van der Waals surface area contributed by atoms with Crippen molar-refractivity contribution in [1.29, 1.82) is 0 Å². The monoisotopic (exact) mass is 395 g/mol. The van der Waals surface area contributed by atoms with E-state index in [9.17, 15) is 9.59 Å². The van der Waals surface area contributed by atoms with Crippen molar-refractivity contribution in [2.24, 2.45) is 0 Å². The number of amides is 2. The third kappa shape index (κ3) is 5.51. The Morgan fingerprint density at radius 2 is 1.86 bits per heavy atom. The van der Waals surface area contributed by atoms with Crippen LogP contribution in [0.1, 0.15) is 29.9 Å². The van der Waals surface area contributed by atoms with E-state index in [1.807, 2.05) is 56.3 Å². The number of carbonyl (C=O) groups excluding carboxylic acids is 2. The molecule has 0 saturated carbocycles. The number of hydrogen-bond acceptors (Lipinski definition) is 4. The van der Waals surface area contributed by atoms with Crippen LogP contribution >= 0.6 is 0 Å². The van der Waals surface area contributed by atoms with Crippen LogP contribution in [0, 0.1) is 0 Å². The van der Waals surface area contributed by atoms with Crippen molar-refractivity contribution in [3.63, 3.8) is 0 Å². The quantitative estimate of drug-likeness (QED) is 0.547. The first-order valence-electron chi connectivity index (χ1n) is 9.42. The number of hydrogen-bond donors (Lipinski definition) is 3. The van der Waals surface area contributed by atoms with Crippen LogP contribution in [0.15, 0.2) is 48.5 Å². The maximum absolute atomic E-state index is 12.3. The van der Waals surface area contributed by atoms with Gasteiger partial charge in [-0.2, -0.15) is 0 Å². The van der Waals surface area contributed by atoms with Crippen LogP contribution in [0.3, 0.4) is 0 Å². The van der Waals surface area contributed by atoms with E-state index in [0.717, 1.165) is 22.2 Å². The zero-order chi connectivity index (χ0) is 20.8. The Hall–Kier alpha value is -3.48. The van der Waals surface area contributed by atoms with Gasteiger partial charge in [0, 0.05) is 17.4 Å². The first-order valence-corrected chi connectivity index (χ1v) is 9.42. The fourth-order valence-corrected chi connectivity index (χ4v) is 2.88. The highest BCUT2D eigenvalue weighted by atomic mass is 16.5. The summed E-state index contributed by atoms with van der Waals surface area (Å²) < 4.78 is 10.8. The lowest BCUT2D eigenvalue weighted by atomic mass is 10.2. The van der Waals surface area contributed by atoms with Gasteiger partial charge in [0.1, 0.15) is 17.2 Å². The fraction of sp³-hybridized carbons (Fsp3) is 0.273. The molecule has 0 bridgehead atoms. The van der Waals surface area contributed by atoms with E-state index in [1.54, 1.807) is 13.2 Å². The van der Waals surface area contributed by atoms with E-state index in [0.29, 0.717) is 18.0 Å². The summed E-state index contributed by atoms with van der Waals surface area (Å²) in [5.74, 6) is 0.857. The molecule has 2 aromatic carbocycles. The lowest BCUT2D eigenvalue weighted by molar-refractivity contribution is -0.120. The second-order valence-electron chi connectivity index (χ2n) is 6.91. The Balaban J connectivity index is 1.51. The van der Waals surface area contributed by atoms with Crippen molar-refractivity contribution in [3.8, 4) is 11.5 Å². The number of methoxy groups -OCH3 is 1. The number of carbonyl (C=O) groups is 2. The molecule has 1 heterocycles. The van der Waals surface area contributed by atoms with Crippen molar-refractivity contribution in [3.05, 3.63) is 59.8 Å². The van der Waals surface area contributed by atoms with E-state index in [-0.39, 0.29) is 24.5 Å². The van der Waals surface area contributed by atoms with Crippen LogP contribution in [0.25, 0.3) is 10.9 Å². The molecule has 0 saturated heterocycles. The van der Waals surface area contributed by atoms with Gasteiger partial charge in [0.15, 0.2) is 0 Å². The molecule has 0 unspecified atom stereocenters. The molecule has 1 aromatic heterocycles. The van der Waals surface area contributed by atoms with Crippen LogP contribution in [0.5, 0.6) is 11.5 Å². The third-order valence-electron chi connectivity index (χ3n) is 4.24. The highest BCUT2D eigenvalue weighted by Crippen LogP contribution is 2.21. The van der Waals surface area contributed by atoms with Crippen LogP contribution in [-0.2, 0) is 11.3 Å². The predicted molar refractivity (Wildman–Crippen MR) is 111 cm³/mol. The topological polar surface area (TPSA) is 92.5 Å². The molecule has 7 heteroatoms. The smallest absolute Gasteiger partial charge is 0.268 e. The Morgan fingerprint density at radius 1 is 1.03 bits per heavy atom. The normalized spacial score (nSPS) is 10.8. The minimum absolute atomic E-state index is 0.0841. The maximum Gasteiger partial charge on any atom is 0.268 e. The molecule has 0 aliphatic rings. The third-order valence-corrected chi connectivity index (χ3v) is 4.24. The average molecular weight is 395 g/mol.